The molecule has 0 spiro atoms. The maximum Gasteiger partial charge on any atom is 0.119 e. The summed E-state index contributed by atoms with van der Waals surface area (Å²) >= 11 is 4.00. The molecule has 3 nitrogen and oxygen atoms in total. The second-order valence-electron chi connectivity index (χ2n) is 5.69. The van der Waals surface area contributed by atoms with Crippen molar-refractivity contribution in [3.63, 3.8) is 0 Å². The van der Waals surface area contributed by atoms with E-state index in [0.29, 0.717) is 0 Å². The van der Waals surface area contributed by atoms with Crippen LogP contribution in [0.25, 0.3) is 0 Å². The van der Waals surface area contributed by atoms with Crippen LogP contribution < -0.4 is 4.74 Å². The average molecular weight is 327 g/mol. The highest BCUT2D eigenvalue weighted by atomic mass is 32.1. The Morgan fingerprint density at radius 1 is 1.32 bits per heavy atom. The lowest BCUT2D eigenvalue weighted by molar-refractivity contribution is 0.147. The number of rotatable bonds is 9. The Morgan fingerprint density at radius 3 is 2.68 bits per heavy atom. The number of unbranched alkanes of at least 4 members (excludes halogenated alkanes) is 1. The van der Waals surface area contributed by atoms with Crippen molar-refractivity contribution in [1.82, 2.24) is 0 Å². The summed E-state index contributed by atoms with van der Waals surface area (Å²) in [7, 11) is 0. The van der Waals surface area contributed by atoms with Gasteiger partial charge < -0.3 is 14.6 Å². The molecule has 22 heavy (non-hydrogen) atoms. The van der Waals surface area contributed by atoms with Gasteiger partial charge in [0.15, 0.2) is 0 Å². The first-order valence-corrected chi connectivity index (χ1v) is 8.90. The number of aliphatic hydroxyl groups excluding tert-OH is 1. The molecule has 0 aromatic heterocycles. The quantitative estimate of drug-likeness (QED) is 0.526. The minimum absolute atomic E-state index is 0.417. The van der Waals surface area contributed by atoms with Crippen molar-refractivity contribution in [2.45, 2.75) is 45.6 Å². The van der Waals surface area contributed by atoms with Gasteiger partial charge in [-0.1, -0.05) is 25.5 Å². The van der Waals surface area contributed by atoms with Gasteiger partial charge in [-0.2, -0.15) is 12.6 Å². The number of benzene rings is 1. The summed E-state index contributed by atoms with van der Waals surface area (Å²) < 4.78 is 10.8. The third-order valence-electron chi connectivity index (χ3n) is 3.40. The van der Waals surface area contributed by atoms with Gasteiger partial charge in [0, 0.05) is 12.4 Å². The van der Waals surface area contributed by atoms with E-state index in [2.05, 4.69) is 19.6 Å². The molecule has 1 unspecified atom stereocenters. The van der Waals surface area contributed by atoms with Gasteiger partial charge in [0.25, 0.3) is 0 Å². The van der Waals surface area contributed by atoms with Crippen molar-refractivity contribution in [2.75, 3.05) is 25.6 Å². The van der Waals surface area contributed by atoms with E-state index in [4.69, 9.17) is 9.47 Å². The van der Waals surface area contributed by atoms with Crippen LogP contribution in [0.2, 0.25) is 0 Å². The summed E-state index contributed by atoms with van der Waals surface area (Å²) in [6, 6.07) is 7.68. The predicted octanol–water partition coefficient (Wildman–Crippen LogP) is 4.26. The number of hydrogen-bond donors (Lipinski definition) is 2. The maximum absolute atomic E-state index is 9.38. The summed E-state index contributed by atoms with van der Waals surface area (Å²) in [6.45, 7) is 6.44. The Morgan fingerprint density at radius 2 is 2.09 bits per heavy atom. The summed E-state index contributed by atoms with van der Waals surface area (Å²) in [5.41, 5.74) is 0.915. The Hall–Kier alpha value is -0.710. The van der Waals surface area contributed by atoms with Crippen molar-refractivity contribution >= 4 is 12.6 Å². The molecule has 1 aromatic carbocycles. The first-order valence-electron chi connectivity index (χ1n) is 8.26. The molecule has 0 aliphatic heterocycles. The fraction of sp³-hybridized carbons (Fsp3) is 0.667. The lowest BCUT2D eigenvalue weighted by Crippen LogP contribution is -2.00. The maximum atomic E-state index is 9.38. The topological polar surface area (TPSA) is 38.7 Å². The minimum atomic E-state index is -0.417. The molecule has 0 amide bonds. The van der Waals surface area contributed by atoms with E-state index in [0.717, 1.165) is 42.8 Å². The zero-order valence-corrected chi connectivity index (χ0v) is 14.7. The van der Waals surface area contributed by atoms with Gasteiger partial charge in [0.2, 0.25) is 0 Å². The fourth-order valence-electron chi connectivity index (χ4n) is 1.78. The van der Waals surface area contributed by atoms with Crippen LogP contribution >= 0.6 is 12.6 Å². The monoisotopic (exact) mass is 326 g/mol. The highest BCUT2D eigenvalue weighted by molar-refractivity contribution is 7.80. The fourth-order valence-corrected chi connectivity index (χ4v) is 1.90. The van der Waals surface area contributed by atoms with Crippen LogP contribution in [0.1, 0.15) is 51.2 Å². The van der Waals surface area contributed by atoms with E-state index in [1.807, 2.05) is 24.3 Å². The normalized spacial score (nSPS) is 14.9. The molecule has 0 bridgehead atoms. The molecule has 126 valence electrons. The Kier molecular flexibility index (Phi) is 10.4. The van der Waals surface area contributed by atoms with Gasteiger partial charge >= 0.3 is 0 Å². The Balaban J connectivity index is 0.000000261. The second-order valence-corrected chi connectivity index (χ2v) is 6.14. The lowest BCUT2D eigenvalue weighted by Gasteiger charge is -2.08. The molecule has 1 atom stereocenters. The molecular formula is C18H30O3S. The number of aliphatic hydroxyl groups is 1. The third-order valence-corrected chi connectivity index (χ3v) is 3.58. The first kappa shape index (κ1) is 19.3. The van der Waals surface area contributed by atoms with E-state index in [1.165, 1.54) is 25.7 Å². The smallest absolute Gasteiger partial charge is 0.119 e. The standard InChI is InChI=1S/C12H16O2.C6H14OS/c1-9(13)11-3-2-4-12(7-11)14-8-10-5-6-10;1-2-3-4-7-5-6-8/h2-4,7,9-10,13H,5-6,8H2,1H3;8H,2-6H2,1H3. The summed E-state index contributed by atoms with van der Waals surface area (Å²) in [5.74, 6) is 2.48. The molecule has 1 aromatic rings. The average Bonchev–Trinajstić information content (AvgIpc) is 3.35. The molecule has 1 fully saturated rings. The molecule has 1 aliphatic rings. The van der Waals surface area contributed by atoms with Crippen molar-refractivity contribution in [2.24, 2.45) is 5.92 Å². The van der Waals surface area contributed by atoms with E-state index in [9.17, 15) is 5.11 Å². The molecule has 4 heteroatoms. The highest BCUT2D eigenvalue weighted by Gasteiger charge is 2.21. The molecule has 1 saturated carbocycles. The molecule has 0 saturated heterocycles. The lowest BCUT2D eigenvalue weighted by atomic mass is 10.1. The number of hydrogen-bond acceptors (Lipinski definition) is 4. The van der Waals surface area contributed by atoms with Gasteiger partial charge in [-0.15, -0.1) is 0 Å². The first-order chi connectivity index (χ1) is 10.7. The SMILES string of the molecule is CC(O)c1cccc(OCC2CC2)c1.CCCCOCCS. The molecule has 1 N–H and O–H groups in total. The van der Waals surface area contributed by atoms with Crippen LogP contribution in [0.5, 0.6) is 5.75 Å². The zero-order valence-electron chi connectivity index (χ0n) is 13.8. The highest BCUT2D eigenvalue weighted by Crippen LogP contribution is 2.29. The molecule has 0 radical (unpaired) electrons. The van der Waals surface area contributed by atoms with E-state index in [1.54, 1.807) is 6.92 Å². The number of ether oxygens (including phenoxy) is 2. The van der Waals surface area contributed by atoms with Gasteiger partial charge in [-0.3, -0.25) is 0 Å². The van der Waals surface area contributed by atoms with Crippen LogP contribution in [0, 0.1) is 5.92 Å². The van der Waals surface area contributed by atoms with Crippen LogP contribution in [0.15, 0.2) is 24.3 Å². The third kappa shape index (κ3) is 9.34. The zero-order chi connectivity index (χ0) is 16.2. The largest absolute Gasteiger partial charge is 0.493 e. The van der Waals surface area contributed by atoms with Gasteiger partial charge in [-0.25, -0.2) is 0 Å². The number of thiol groups is 1. The van der Waals surface area contributed by atoms with Crippen LogP contribution in [-0.2, 0) is 4.74 Å². The van der Waals surface area contributed by atoms with Gasteiger partial charge in [0.1, 0.15) is 5.75 Å². The van der Waals surface area contributed by atoms with Crippen LogP contribution in [-0.4, -0.2) is 30.7 Å². The van der Waals surface area contributed by atoms with Crippen molar-refractivity contribution < 1.29 is 14.6 Å². The van der Waals surface area contributed by atoms with E-state index in [-0.39, 0.29) is 0 Å². The van der Waals surface area contributed by atoms with E-state index < -0.39 is 6.10 Å². The molecule has 2 rings (SSSR count). The molecule has 1 aliphatic carbocycles. The molecule has 0 heterocycles. The molecular weight excluding hydrogens is 296 g/mol. The predicted molar refractivity (Wildman–Crippen MR) is 94.9 cm³/mol. The Bertz CT molecular complexity index is 386. The van der Waals surface area contributed by atoms with Gasteiger partial charge in [-0.05, 0) is 49.8 Å². The summed E-state index contributed by atoms with van der Waals surface area (Å²) in [6.07, 6.45) is 4.58. The van der Waals surface area contributed by atoms with E-state index >= 15 is 0 Å². The minimum Gasteiger partial charge on any atom is -0.493 e. The summed E-state index contributed by atoms with van der Waals surface area (Å²) in [4.78, 5) is 0. The van der Waals surface area contributed by atoms with Crippen LogP contribution in [0.4, 0.5) is 0 Å². The van der Waals surface area contributed by atoms with Crippen molar-refractivity contribution in [1.29, 1.82) is 0 Å². The Labute approximate surface area is 140 Å². The summed E-state index contributed by atoms with van der Waals surface area (Å²) in [5, 5.41) is 9.38. The van der Waals surface area contributed by atoms with Crippen molar-refractivity contribution in [3.05, 3.63) is 29.8 Å². The van der Waals surface area contributed by atoms with Gasteiger partial charge in [0.05, 0.1) is 19.3 Å². The van der Waals surface area contributed by atoms with Crippen molar-refractivity contribution in [3.8, 4) is 5.75 Å². The second kappa shape index (κ2) is 11.8. The van der Waals surface area contributed by atoms with Crippen LogP contribution in [0.3, 0.4) is 0 Å².